The maximum Gasteiger partial charge on any atom is 0.410 e. The smallest absolute Gasteiger partial charge is 0.410 e. The molecule has 194 valence electrons. The van der Waals surface area contributed by atoms with Gasteiger partial charge in [-0.1, -0.05) is 6.92 Å². The molecule has 1 aliphatic heterocycles. The van der Waals surface area contributed by atoms with Crippen molar-refractivity contribution < 1.29 is 27.1 Å². The van der Waals surface area contributed by atoms with E-state index in [4.69, 9.17) is 4.74 Å². The van der Waals surface area contributed by atoms with Crippen LogP contribution in [-0.4, -0.2) is 50.5 Å². The molecule has 1 saturated heterocycles. The Morgan fingerprint density at radius 1 is 1.11 bits per heavy atom. The number of halogens is 4. The molecule has 0 radical (unpaired) electrons. The third-order valence-corrected chi connectivity index (χ3v) is 7.28. The van der Waals surface area contributed by atoms with Crippen molar-refractivity contribution in [2.45, 2.75) is 90.3 Å². The van der Waals surface area contributed by atoms with Crippen LogP contribution >= 0.6 is 0 Å². The Labute approximate surface area is 203 Å². The SMILES string of the molecule is Cc1cc([C@H]2CN(C(=O)OC(C)(C)C)CC[C@@H]2C)n2nc(C3CCC(C(F)(F)F)CC3)c(F)c2n1. The Morgan fingerprint density at radius 3 is 2.37 bits per heavy atom. The van der Waals surface area contributed by atoms with Crippen molar-refractivity contribution in [1.29, 1.82) is 0 Å². The van der Waals surface area contributed by atoms with Gasteiger partial charge in [0.15, 0.2) is 11.5 Å². The third kappa shape index (κ3) is 5.40. The number of amides is 1. The molecule has 35 heavy (non-hydrogen) atoms. The molecule has 1 aliphatic carbocycles. The van der Waals surface area contributed by atoms with Crippen LogP contribution in [0.25, 0.3) is 5.65 Å². The number of carbonyl (C=O) groups is 1. The van der Waals surface area contributed by atoms with Crippen molar-refractivity contribution in [3.05, 3.63) is 29.0 Å². The number of fused-ring (bicyclic) bond motifs is 1. The van der Waals surface area contributed by atoms with Gasteiger partial charge in [-0.25, -0.2) is 18.7 Å². The quantitative estimate of drug-likeness (QED) is 0.451. The Balaban J connectivity index is 1.64. The predicted octanol–water partition coefficient (Wildman–Crippen LogP) is 6.37. The molecule has 2 atom stereocenters. The van der Waals surface area contributed by atoms with E-state index in [9.17, 15) is 18.0 Å². The van der Waals surface area contributed by atoms with Crippen LogP contribution in [0.2, 0.25) is 0 Å². The zero-order valence-electron chi connectivity index (χ0n) is 21.0. The fraction of sp³-hybridized carbons (Fsp3) is 0.720. The summed E-state index contributed by atoms with van der Waals surface area (Å²) in [5, 5.41) is 4.57. The second-order valence-electron chi connectivity index (χ2n) is 11.1. The molecular weight excluding hydrogens is 464 g/mol. The van der Waals surface area contributed by atoms with E-state index in [1.165, 1.54) is 4.52 Å². The topological polar surface area (TPSA) is 59.7 Å². The van der Waals surface area contributed by atoms with E-state index in [0.29, 0.717) is 18.8 Å². The lowest BCUT2D eigenvalue weighted by Gasteiger charge is -2.37. The van der Waals surface area contributed by atoms with Crippen LogP contribution in [0.3, 0.4) is 0 Å². The number of nitrogens with zero attached hydrogens (tertiary/aromatic N) is 4. The van der Waals surface area contributed by atoms with Crippen molar-refractivity contribution in [1.82, 2.24) is 19.5 Å². The van der Waals surface area contributed by atoms with Crippen molar-refractivity contribution in [2.24, 2.45) is 11.8 Å². The molecule has 0 spiro atoms. The molecule has 1 saturated carbocycles. The van der Waals surface area contributed by atoms with Gasteiger partial charge in [0.2, 0.25) is 0 Å². The largest absolute Gasteiger partial charge is 0.444 e. The van der Waals surface area contributed by atoms with Crippen molar-refractivity contribution >= 4 is 11.7 Å². The van der Waals surface area contributed by atoms with Gasteiger partial charge in [-0.05, 0) is 71.8 Å². The van der Waals surface area contributed by atoms with Crippen LogP contribution in [-0.2, 0) is 4.74 Å². The summed E-state index contributed by atoms with van der Waals surface area (Å²) in [6, 6.07) is 1.86. The standard InChI is InChI=1S/C25H34F4N4O2/c1-14-10-11-32(23(34)35-24(3,4)5)13-18(14)19-12-15(2)30-22-20(26)21(31-33(19)22)16-6-8-17(9-7-16)25(27,28)29/h12,14,16-18H,6-11,13H2,1-5H3/t14-,16?,17?,18-/m0/s1. The van der Waals surface area contributed by atoms with Gasteiger partial charge in [0, 0.05) is 30.6 Å². The second kappa shape index (κ2) is 9.24. The lowest BCUT2D eigenvalue weighted by Crippen LogP contribution is -2.45. The highest BCUT2D eigenvalue weighted by Gasteiger charge is 2.43. The van der Waals surface area contributed by atoms with Crippen molar-refractivity contribution in [3.63, 3.8) is 0 Å². The first-order valence-corrected chi connectivity index (χ1v) is 12.3. The zero-order valence-corrected chi connectivity index (χ0v) is 21.0. The molecule has 3 heterocycles. The first-order chi connectivity index (χ1) is 16.2. The number of likely N-dealkylation sites (tertiary alicyclic amines) is 1. The molecule has 10 heteroatoms. The maximum atomic E-state index is 15.5. The van der Waals surface area contributed by atoms with Gasteiger partial charge in [-0.3, -0.25) is 0 Å². The molecule has 0 bridgehead atoms. The monoisotopic (exact) mass is 498 g/mol. The molecule has 2 aromatic heterocycles. The van der Waals surface area contributed by atoms with E-state index in [1.54, 1.807) is 11.8 Å². The summed E-state index contributed by atoms with van der Waals surface area (Å²) in [6.07, 6.45) is -3.41. The molecule has 6 nitrogen and oxygen atoms in total. The lowest BCUT2D eigenvalue weighted by atomic mass is 9.80. The van der Waals surface area contributed by atoms with Crippen LogP contribution in [0.5, 0.6) is 0 Å². The number of carbonyl (C=O) groups excluding carboxylic acids is 1. The van der Waals surface area contributed by atoms with E-state index in [1.807, 2.05) is 26.8 Å². The number of hydrogen-bond acceptors (Lipinski definition) is 4. The highest BCUT2D eigenvalue weighted by atomic mass is 19.4. The van der Waals surface area contributed by atoms with Gasteiger partial charge in [0.25, 0.3) is 0 Å². The average molecular weight is 499 g/mol. The Bertz CT molecular complexity index is 1080. The highest BCUT2D eigenvalue weighted by Crippen LogP contribution is 2.43. The fourth-order valence-corrected chi connectivity index (χ4v) is 5.32. The molecular formula is C25H34F4N4O2. The predicted molar refractivity (Wildman–Crippen MR) is 123 cm³/mol. The normalized spacial score (nSPS) is 26.3. The number of rotatable bonds is 2. The maximum absolute atomic E-state index is 15.5. The highest BCUT2D eigenvalue weighted by molar-refractivity contribution is 5.68. The Hall–Kier alpha value is -2.39. The lowest BCUT2D eigenvalue weighted by molar-refractivity contribution is -0.182. The molecule has 4 rings (SSSR count). The molecule has 2 fully saturated rings. The van der Waals surface area contributed by atoms with Gasteiger partial charge in [-0.15, -0.1) is 0 Å². The summed E-state index contributed by atoms with van der Waals surface area (Å²) in [5.74, 6) is -2.18. The summed E-state index contributed by atoms with van der Waals surface area (Å²) in [4.78, 5) is 18.8. The van der Waals surface area contributed by atoms with Crippen molar-refractivity contribution in [3.8, 4) is 0 Å². The summed E-state index contributed by atoms with van der Waals surface area (Å²) < 4.78 is 61.9. The first kappa shape index (κ1) is 25.7. The summed E-state index contributed by atoms with van der Waals surface area (Å²) >= 11 is 0. The van der Waals surface area contributed by atoms with Crippen LogP contribution in [0.4, 0.5) is 22.4 Å². The van der Waals surface area contributed by atoms with E-state index in [-0.39, 0.29) is 60.9 Å². The van der Waals surface area contributed by atoms with E-state index in [0.717, 1.165) is 12.1 Å². The minimum Gasteiger partial charge on any atom is -0.444 e. The molecule has 0 aromatic carbocycles. The number of aryl methyl sites for hydroxylation is 1. The molecule has 2 aliphatic rings. The number of piperidine rings is 1. The summed E-state index contributed by atoms with van der Waals surface area (Å²) in [5.41, 5.74) is 1.05. The van der Waals surface area contributed by atoms with E-state index < -0.39 is 23.5 Å². The van der Waals surface area contributed by atoms with Crippen LogP contribution in [0, 0.1) is 24.6 Å². The van der Waals surface area contributed by atoms with E-state index >= 15 is 4.39 Å². The van der Waals surface area contributed by atoms with E-state index in [2.05, 4.69) is 17.0 Å². The fourth-order valence-electron chi connectivity index (χ4n) is 5.32. The zero-order chi connectivity index (χ0) is 25.7. The van der Waals surface area contributed by atoms with Crippen LogP contribution in [0.15, 0.2) is 6.07 Å². The second-order valence-corrected chi connectivity index (χ2v) is 11.1. The van der Waals surface area contributed by atoms with Gasteiger partial charge in [-0.2, -0.15) is 18.3 Å². The van der Waals surface area contributed by atoms with Gasteiger partial charge in [0.05, 0.1) is 11.6 Å². The number of alkyl halides is 3. The molecule has 1 amide bonds. The van der Waals surface area contributed by atoms with Gasteiger partial charge < -0.3 is 9.64 Å². The number of ether oxygens (including phenoxy) is 1. The minimum absolute atomic E-state index is 0.0225. The Kier molecular flexibility index (Phi) is 6.79. The van der Waals surface area contributed by atoms with Crippen molar-refractivity contribution in [2.75, 3.05) is 13.1 Å². The molecule has 0 unspecified atom stereocenters. The average Bonchev–Trinajstić information content (AvgIpc) is 3.08. The van der Waals surface area contributed by atoms with Gasteiger partial charge in [0.1, 0.15) is 11.3 Å². The van der Waals surface area contributed by atoms with Crippen LogP contribution < -0.4 is 0 Å². The Morgan fingerprint density at radius 2 is 1.77 bits per heavy atom. The number of hydrogen-bond donors (Lipinski definition) is 0. The van der Waals surface area contributed by atoms with Crippen LogP contribution in [0.1, 0.15) is 88.7 Å². The molecule has 0 N–H and O–H groups in total. The summed E-state index contributed by atoms with van der Waals surface area (Å²) in [6.45, 7) is 10.3. The molecule has 2 aromatic rings. The number of aromatic nitrogens is 3. The first-order valence-electron chi connectivity index (χ1n) is 12.3. The third-order valence-electron chi connectivity index (χ3n) is 7.28. The minimum atomic E-state index is -4.22. The van der Waals surface area contributed by atoms with Gasteiger partial charge >= 0.3 is 12.3 Å². The summed E-state index contributed by atoms with van der Waals surface area (Å²) in [7, 11) is 0.